The lowest BCUT2D eigenvalue weighted by Crippen LogP contribution is -2.23. The Labute approximate surface area is 147 Å². The van der Waals surface area contributed by atoms with Crippen molar-refractivity contribution in [3.05, 3.63) is 66.5 Å². The normalized spacial score (nSPS) is 16.1. The van der Waals surface area contributed by atoms with E-state index in [1.54, 1.807) is 42.7 Å². The Bertz CT molecular complexity index is 1050. The second-order valence-electron chi connectivity index (χ2n) is 6.27. The molecular weight excluding hydrogens is 334 g/mol. The molecule has 1 aromatic carbocycles. The molecule has 0 spiro atoms. The third-order valence-corrected chi connectivity index (χ3v) is 6.27. The van der Waals surface area contributed by atoms with Crippen LogP contribution in [0.25, 0.3) is 16.6 Å². The summed E-state index contributed by atoms with van der Waals surface area (Å²) in [5.74, 6) is 0. The summed E-state index contributed by atoms with van der Waals surface area (Å²) in [6, 6.07) is 12.1. The highest BCUT2D eigenvalue weighted by Crippen LogP contribution is 2.31. The van der Waals surface area contributed by atoms with Crippen molar-refractivity contribution in [2.24, 2.45) is 0 Å². The topological polar surface area (TPSA) is 55.2 Å². The average Bonchev–Trinajstić information content (AvgIpc) is 3.04. The number of aromatic nitrogens is 2. The summed E-state index contributed by atoms with van der Waals surface area (Å²) in [6.07, 6.45) is 6.47. The smallest absolute Gasteiger partial charge is 0.268 e. The summed E-state index contributed by atoms with van der Waals surface area (Å²) >= 11 is 0. The van der Waals surface area contributed by atoms with Crippen LogP contribution in [0.5, 0.6) is 0 Å². The van der Waals surface area contributed by atoms with E-state index in [1.807, 2.05) is 12.1 Å². The highest BCUT2D eigenvalue weighted by atomic mass is 32.2. The molecule has 0 radical (unpaired) electrons. The van der Waals surface area contributed by atoms with Gasteiger partial charge in [0, 0.05) is 31.0 Å². The number of benzene rings is 1. The van der Waals surface area contributed by atoms with E-state index in [0.29, 0.717) is 5.52 Å². The van der Waals surface area contributed by atoms with E-state index in [9.17, 15) is 8.42 Å². The van der Waals surface area contributed by atoms with Gasteiger partial charge in [0.15, 0.2) is 0 Å². The molecule has 5 nitrogen and oxygen atoms in total. The van der Waals surface area contributed by atoms with Gasteiger partial charge in [-0.2, -0.15) is 0 Å². The molecule has 6 heteroatoms. The molecule has 0 aliphatic carbocycles. The third-order valence-electron chi connectivity index (χ3n) is 4.58. The first-order chi connectivity index (χ1) is 12.1. The van der Waals surface area contributed by atoms with Crippen molar-refractivity contribution < 1.29 is 8.42 Å². The second kappa shape index (κ2) is 6.13. The van der Waals surface area contributed by atoms with Crippen molar-refractivity contribution in [1.82, 2.24) is 13.9 Å². The molecule has 0 fully saturated rings. The minimum Gasteiger partial charge on any atom is -0.302 e. The molecule has 4 rings (SSSR count). The number of pyridine rings is 1. The van der Waals surface area contributed by atoms with Gasteiger partial charge in [-0.25, -0.2) is 12.4 Å². The molecule has 2 aromatic heterocycles. The van der Waals surface area contributed by atoms with Crippen LogP contribution in [-0.4, -0.2) is 42.4 Å². The first kappa shape index (κ1) is 16.1. The second-order valence-corrected chi connectivity index (χ2v) is 8.08. The fourth-order valence-electron chi connectivity index (χ4n) is 3.19. The Kier molecular flexibility index (Phi) is 3.94. The molecule has 0 amide bonds. The minimum atomic E-state index is -3.66. The maximum absolute atomic E-state index is 13.1. The summed E-state index contributed by atoms with van der Waals surface area (Å²) in [4.78, 5) is 6.97. The predicted octanol–water partition coefficient (Wildman–Crippen LogP) is 2.99. The van der Waals surface area contributed by atoms with E-state index in [0.717, 1.165) is 36.2 Å². The van der Waals surface area contributed by atoms with Crippen LogP contribution in [0.15, 0.2) is 65.8 Å². The molecule has 0 N–H and O–H groups in total. The monoisotopic (exact) mass is 353 g/mol. The van der Waals surface area contributed by atoms with Gasteiger partial charge < -0.3 is 4.90 Å². The first-order valence-corrected chi connectivity index (χ1v) is 9.66. The number of fused-ring (bicyclic) bond motifs is 1. The molecule has 0 saturated heterocycles. The van der Waals surface area contributed by atoms with Gasteiger partial charge in [-0.15, -0.1) is 0 Å². The Morgan fingerprint density at radius 2 is 1.88 bits per heavy atom. The van der Waals surface area contributed by atoms with E-state index in [2.05, 4.69) is 23.0 Å². The molecule has 128 valence electrons. The van der Waals surface area contributed by atoms with Gasteiger partial charge in [0.05, 0.1) is 15.9 Å². The summed E-state index contributed by atoms with van der Waals surface area (Å²) in [5, 5.41) is 0. The van der Waals surface area contributed by atoms with Gasteiger partial charge in [-0.3, -0.25) is 4.98 Å². The first-order valence-electron chi connectivity index (χ1n) is 8.22. The van der Waals surface area contributed by atoms with Gasteiger partial charge in [0.25, 0.3) is 10.0 Å². The summed E-state index contributed by atoms with van der Waals surface area (Å²) in [7, 11) is -1.58. The van der Waals surface area contributed by atoms with Crippen LogP contribution < -0.4 is 0 Å². The fraction of sp³-hybridized carbons (Fsp3) is 0.211. The molecule has 25 heavy (non-hydrogen) atoms. The molecule has 0 bridgehead atoms. The van der Waals surface area contributed by atoms with Gasteiger partial charge in [-0.1, -0.05) is 24.3 Å². The van der Waals surface area contributed by atoms with Gasteiger partial charge in [0.2, 0.25) is 0 Å². The number of nitrogens with zero attached hydrogens (tertiary/aromatic N) is 3. The molecule has 0 atom stereocenters. The van der Waals surface area contributed by atoms with E-state index >= 15 is 0 Å². The quantitative estimate of drug-likeness (QED) is 0.726. The third kappa shape index (κ3) is 2.77. The molecule has 1 aliphatic heterocycles. The van der Waals surface area contributed by atoms with Crippen molar-refractivity contribution in [3.63, 3.8) is 0 Å². The highest BCUT2D eigenvalue weighted by Gasteiger charge is 2.23. The van der Waals surface area contributed by atoms with Gasteiger partial charge >= 0.3 is 0 Å². The molecule has 0 saturated carbocycles. The van der Waals surface area contributed by atoms with Crippen LogP contribution >= 0.6 is 0 Å². The Morgan fingerprint density at radius 1 is 1.08 bits per heavy atom. The van der Waals surface area contributed by atoms with Crippen LogP contribution in [0.2, 0.25) is 0 Å². The minimum absolute atomic E-state index is 0.277. The summed E-state index contributed by atoms with van der Waals surface area (Å²) in [6.45, 7) is 1.82. The van der Waals surface area contributed by atoms with Crippen LogP contribution in [-0.2, 0) is 10.0 Å². The van der Waals surface area contributed by atoms with Crippen LogP contribution in [0, 0.1) is 0 Å². The van der Waals surface area contributed by atoms with Crippen LogP contribution in [0.4, 0.5) is 0 Å². The molecule has 3 aromatic rings. The molecular formula is C19H19N3O2S. The number of rotatable bonds is 3. The maximum atomic E-state index is 13.1. The zero-order valence-corrected chi connectivity index (χ0v) is 14.8. The van der Waals surface area contributed by atoms with E-state index in [4.69, 9.17) is 0 Å². The van der Waals surface area contributed by atoms with Gasteiger partial charge in [-0.05, 0) is 43.3 Å². The lowest BCUT2D eigenvalue weighted by Gasteiger charge is -2.21. The largest absolute Gasteiger partial charge is 0.302 e. The average molecular weight is 353 g/mol. The Hall–Kier alpha value is -2.44. The standard InChI is InChI=1S/C19H19N3O2S/c1-21-12-9-15(10-13-21)17-14-22(18-8-5-11-20-19(17)18)25(23,24)16-6-3-2-4-7-16/h2-9,11,14H,10,12-13H2,1H3. The van der Waals surface area contributed by atoms with Crippen LogP contribution in [0.1, 0.15) is 12.0 Å². The number of hydrogen-bond acceptors (Lipinski definition) is 4. The molecule has 0 unspecified atom stereocenters. The van der Waals surface area contributed by atoms with Crippen LogP contribution in [0.3, 0.4) is 0 Å². The highest BCUT2D eigenvalue weighted by molar-refractivity contribution is 7.90. The van der Waals surface area contributed by atoms with Crippen molar-refractivity contribution in [3.8, 4) is 0 Å². The maximum Gasteiger partial charge on any atom is 0.268 e. The predicted molar refractivity (Wildman–Crippen MR) is 98.8 cm³/mol. The zero-order valence-electron chi connectivity index (χ0n) is 14.0. The molecule has 3 heterocycles. The van der Waals surface area contributed by atoms with E-state index in [-0.39, 0.29) is 4.90 Å². The van der Waals surface area contributed by atoms with Crippen molar-refractivity contribution >= 4 is 26.6 Å². The zero-order chi connectivity index (χ0) is 17.4. The van der Waals surface area contributed by atoms with E-state index < -0.39 is 10.0 Å². The van der Waals surface area contributed by atoms with Crippen molar-refractivity contribution in [2.75, 3.05) is 20.1 Å². The fourth-order valence-corrected chi connectivity index (χ4v) is 4.56. The summed E-state index contributed by atoms with van der Waals surface area (Å²) < 4.78 is 27.6. The Balaban J connectivity index is 1.92. The number of likely N-dealkylation sites (N-methyl/N-ethyl adjacent to an activating group) is 1. The number of hydrogen-bond donors (Lipinski definition) is 0. The SMILES string of the molecule is CN1CC=C(c2cn(S(=O)(=O)c3ccccc3)c3cccnc23)CC1. The molecule has 1 aliphatic rings. The summed E-state index contributed by atoms with van der Waals surface area (Å²) in [5.41, 5.74) is 3.41. The lowest BCUT2D eigenvalue weighted by molar-refractivity contribution is 0.370. The van der Waals surface area contributed by atoms with Crippen molar-refractivity contribution in [2.45, 2.75) is 11.3 Å². The lowest BCUT2D eigenvalue weighted by atomic mass is 10.0. The van der Waals surface area contributed by atoms with E-state index in [1.165, 1.54) is 3.97 Å². The van der Waals surface area contributed by atoms with Gasteiger partial charge in [0.1, 0.15) is 0 Å². The van der Waals surface area contributed by atoms with Crippen molar-refractivity contribution in [1.29, 1.82) is 0 Å². The Morgan fingerprint density at radius 3 is 2.60 bits per heavy atom.